The number of hydrogen-bond acceptors (Lipinski definition) is 7. The summed E-state index contributed by atoms with van der Waals surface area (Å²) in [6, 6.07) is 16.4. The minimum atomic E-state index is -3.38. The van der Waals surface area contributed by atoms with Gasteiger partial charge in [0.2, 0.25) is 16.0 Å². The first-order chi connectivity index (χ1) is 17.7. The molecule has 0 bridgehead atoms. The van der Waals surface area contributed by atoms with Crippen LogP contribution in [-0.4, -0.2) is 61.9 Å². The molecule has 1 fully saturated rings. The summed E-state index contributed by atoms with van der Waals surface area (Å²) < 4.78 is 27.7. The van der Waals surface area contributed by atoms with E-state index in [2.05, 4.69) is 51.7 Å². The number of sulfonamides is 1. The fraction of sp³-hybridized carbons (Fsp3) is 0.333. The zero-order valence-corrected chi connectivity index (χ0v) is 22.5. The molecule has 9 nitrogen and oxygen atoms in total. The van der Waals surface area contributed by atoms with Crippen molar-refractivity contribution in [3.63, 3.8) is 0 Å². The van der Waals surface area contributed by atoms with E-state index in [1.54, 1.807) is 7.05 Å². The van der Waals surface area contributed by atoms with Crippen molar-refractivity contribution in [2.75, 3.05) is 47.5 Å². The maximum absolute atomic E-state index is 12.2. The summed E-state index contributed by atoms with van der Waals surface area (Å²) in [7, 11) is -1.81. The second-order valence-electron chi connectivity index (χ2n) is 9.70. The Balaban J connectivity index is 1.40. The number of rotatable bonds is 7. The molecule has 0 spiro atoms. The minimum Gasteiger partial charge on any atom is -0.369 e. The van der Waals surface area contributed by atoms with E-state index in [0.717, 1.165) is 47.5 Å². The number of aryl methyl sites for hydroxylation is 1. The first-order valence-electron chi connectivity index (χ1n) is 12.4. The number of aromatic nitrogens is 3. The van der Waals surface area contributed by atoms with E-state index in [0.29, 0.717) is 24.2 Å². The van der Waals surface area contributed by atoms with Crippen LogP contribution < -0.4 is 19.8 Å². The number of nitrogens with one attached hydrogen (secondary N) is 2. The van der Waals surface area contributed by atoms with Crippen LogP contribution in [0.4, 0.5) is 23.0 Å². The Labute approximate surface area is 218 Å². The molecule has 3 heterocycles. The van der Waals surface area contributed by atoms with E-state index in [-0.39, 0.29) is 0 Å². The number of piperazine rings is 1. The molecule has 0 amide bonds. The van der Waals surface area contributed by atoms with Gasteiger partial charge in [0, 0.05) is 61.9 Å². The summed E-state index contributed by atoms with van der Waals surface area (Å²) in [5.41, 5.74) is 5.51. The van der Waals surface area contributed by atoms with Crippen LogP contribution in [-0.2, 0) is 16.6 Å². The highest BCUT2D eigenvalue weighted by molar-refractivity contribution is 7.92. The van der Waals surface area contributed by atoms with E-state index in [1.165, 1.54) is 16.2 Å². The normalized spacial score (nSPS) is 16.2. The van der Waals surface area contributed by atoms with Crippen LogP contribution >= 0.6 is 0 Å². The second kappa shape index (κ2) is 10.0. The lowest BCUT2D eigenvalue weighted by molar-refractivity contribution is 0.485. The van der Waals surface area contributed by atoms with E-state index >= 15 is 0 Å². The van der Waals surface area contributed by atoms with Gasteiger partial charge in [-0.25, -0.2) is 13.4 Å². The topological polar surface area (TPSA) is 95.4 Å². The van der Waals surface area contributed by atoms with Crippen molar-refractivity contribution >= 4 is 44.1 Å². The number of nitrogens with zero attached hydrogens (tertiary/aromatic N) is 5. The molecule has 4 aromatic rings. The molecule has 5 rings (SSSR count). The lowest BCUT2D eigenvalue weighted by Gasteiger charge is -2.33. The van der Waals surface area contributed by atoms with Gasteiger partial charge in [-0.05, 0) is 55.3 Å². The number of anilines is 4. The van der Waals surface area contributed by atoms with Crippen LogP contribution in [0.25, 0.3) is 11.0 Å². The molecule has 0 saturated carbocycles. The molecule has 10 heteroatoms. The predicted molar refractivity (Wildman–Crippen MR) is 150 cm³/mol. The van der Waals surface area contributed by atoms with E-state index in [1.807, 2.05) is 48.1 Å². The van der Waals surface area contributed by atoms with Gasteiger partial charge in [-0.3, -0.25) is 4.31 Å². The third-order valence-electron chi connectivity index (χ3n) is 6.84. The van der Waals surface area contributed by atoms with Crippen molar-refractivity contribution in [2.45, 2.75) is 26.4 Å². The Kier molecular flexibility index (Phi) is 6.78. The first kappa shape index (κ1) is 25.0. The lowest BCUT2D eigenvalue weighted by atomic mass is 10.2. The molecule has 1 aliphatic heterocycles. The highest BCUT2D eigenvalue weighted by atomic mass is 32.2. The van der Waals surface area contributed by atoms with Crippen LogP contribution in [0, 0.1) is 6.92 Å². The first-order valence-corrected chi connectivity index (χ1v) is 14.2. The monoisotopic (exact) mass is 519 g/mol. The van der Waals surface area contributed by atoms with Gasteiger partial charge in [-0.1, -0.05) is 18.2 Å². The third kappa shape index (κ3) is 5.40. The Bertz CT molecular complexity index is 1520. The number of benzene rings is 2. The molecule has 2 aromatic carbocycles. The maximum atomic E-state index is 12.2. The molecule has 1 atom stereocenters. The van der Waals surface area contributed by atoms with Crippen LogP contribution in [0.3, 0.4) is 0 Å². The van der Waals surface area contributed by atoms with Gasteiger partial charge in [0.05, 0.1) is 18.5 Å². The standard InChI is InChI=1S/C27H33N7O2S/c1-19-16-34(18-21-7-5-6-8-25(21)32(3)37(4,35)36)26-24(19)15-29-27(31-26)30-22-9-11-23(12-10-22)33-14-13-28-20(2)17-33/h5-12,15-16,20,28H,13-14,17-18H2,1-4H3,(H,29,30,31). The summed E-state index contributed by atoms with van der Waals surface area (Å²) >= 11 is 0. The third-order valence-corrected chi connectivity index (χ3v) is 8.03. The molecule has 194 valence electrons. The summed E-state index contributed by atoms with van der Waals surface area (Å²) in [5, 5.41) is 7.77. The summed E-state index contributed by atoms with van der Waals surface area (Å²) in [5.74, 6) is 0.511. The molecule has 1 aliphatic rings. The Morgan fingerprint density at radius 3 is 2.65 bits per heavy atom. The fourth-order valence-electron chi connectivity index (χ4n) is 4.78. The van der Waals surface area contributed by atoms with Gasteiger partial charge in [-0.2, -0.15) is 4.98 Å². The van der Waals surface area contributed by atoms with Crippen LogP contribution in [0.5, 0.6) is 0 Å². The average Bonchev–Trinajstić information content (AvgIpc) is 3.18. The molecule has 0 aliphatic carbocycles. The molecular formula is C27H33N7O2S. The van der Waals surface area contributed by atoms with Crippen molar-refractivity contribution in [1.82, 2.24) is 19.9 Å². The Morgan fingerprint density at radius 2 is 1.92 bits per heavy atom. The summed E-state index contributed by atoms with van der Waals surface area (Å²) in [6.45, 7) is 7.69. The molecular weight excluding hydrogens is 486 g/mol. The van der Waals surface area contributed by atoms with Crippen molar-refractivity contribution in [3.8, 4) is 0 Å². The molecule has 2 N–H and O–H groups in total. The Hall–Kier alpha value is -3.63. The van der Waals surface area contributed by atoms with Gasteiger partial charge in [0.15, 0.2) is 0 Å². The van der Waals surface area contributed by atoms with Gasteiger partial charge in [-0.15, -0.1) is 0 Å². The highest BCUT2D eigenvalue weighted by Crippen LogP contribution is 2.27. The van der Waals surface area contributed by atoms with Gasteiger partial charge >= 0.3 is 0 Å². The fourth-order valence-corrected chi connectivity index (χ4v) is 5.32. The highest BCUT2D eigenvalue weighted by Gasteiger charge is 2.18. The predicted octanol–water partition coefficient (Wildman–Crippen LogP) is 3.73. The van der Waals surface area contributed by atoms with Crippen LogP contribution in [0.15, 0.2) is 60.9 Å². The largest absolute Gasteiger partial charge is 0.369 e. The summed E-state index contributed by atoms with van der Waals surface area (Å²) in [4.78, 5) is 11.8. The molecule has 0 radical (unpaired) electrons. The second-order valence-corrected chi connectivity index (χ2v) is 11.7. The molecule has 1 saturated heterocycles. The number of hydrogen-bond donors (Lipinski definition) is 2. The average molecular weight is 520 g/mol. The van der Waals surface area contributed by atoms with E-state index in [4.69, 9.17) is 4.98 Å². The van der Waals surface area contributed by atoms with Crippen molar-refractivity contribution in [3.05, 3.63) is 72.1 Å². The van der Waals surface area contributed by atoms with Gasteiger partial charge in [0.1, 0.15) is 5.65 Å². The van der Waals surface area contributed by atoms with Crippen molar-refractivity contribution in [1.29, 1.82) is 0 Å². The maximum Gasteiger partial charge on any atom is 0.232 e. The van der Waals surface area contributed by atoms with E-state index in [9.17, 15) is 8.42 Å². The van der Waals surface area contributed by atoms with Crippen molar-refractivity contribution < 1.29 is 8.42 Å². The SMILES string of the molecule is Cc1cn(Cc2ccccc2N(C)S(C)(=O)=O)c2nc(Nc3ccc(N4CCNC(C)C4)cc3)ncc12. The number of fused-ring (bicyclic) bond motifs is 1. The van der Waals surface area contributed by atoms with Gasteiger partial charge < -0.3 is 20.1 Å². The molecule has 2 aromatic heterocycles. The molecule has 1 unspecified atom stereocenters. The smallest absolute Gasteiger partial charge is 0.232 e. The van der Waals surface area contributed by atoms with E-state index < -0.39 is 10.0 Å². The number of para-hydroxylation sites is 1. The minimum absolute atomic E-state index is 0.477. The van der Waals surface area contributed by atoms with Crippen LogP contribution in [0.2, 0.25) is 0 Å². The zero-order chi connectivity index (χ0) is 26.2. The van der Waals surface area contributed by atoms with Crippen LogP contribution in [0.1, 0.15) is 18.1 Å². The zero-order valence-electron chi connectivity index (χ0n) is 21.6. The van der Waals surface area contributed by atoms with Gasteiger partial charge in [0.25, 0.3) is 0 Å². The lowest BCUT2D eigenvalue weighted by Crippen LogP contribution is -2.49. The van der Waals surface area contributed by atoms with Crippen molar-refractivity contribution in [2.24, 2.45) is 0 Å². The molecule has 37 heavy (non-hydrogen) atoms. The summed E-state index contributed by atoms with van der Waals surface area (Å²) in [6.07, 6.45) is 5.08. The Morgan fingerprint density at radius 1 is 1.16 bits per heavy atom. The quantitative estimate of drug-likeness (QED) is 0.384.